The summed E-state index contributed by atoms with van der Waals surface area (Å²) in [6, 6.07) is 28.0. The second-order valence-electron chi connectivity index (χ2n) is 12.5. The van der Waals surface area contributed by atoms with E-state index in [9.17, 15) is 24.3 Å². The number of hydrogen-bond donors (Lipinski definition) is 2. The average molecular weight is 607 g/mol. The Morgan fingerprint density at radius 2 is 1.50 bits per heavy atom. The molecule has 4 aliphatic rings. The predicted molar refractivity (Wildman–Crippen MR) is 176 cm³/mol. The number of fused-ring (bicyclic) bond motifs is 4. The van der Waals surface area contributed by atoms with Gasteiger partial charge in [0.1, 0.15) is 5.75 Å². The number of carbonyl (C=O) groups excluding carboxylic acids is 4. The third-order valence-electron chi connectivity index (χ3n) is 9.99. The lowest BCUT2D eigenvalue weighted by molar-refractivity contribution is -0.123. The van der Waals surface area contributed by atoms with Gasteiger partial charge >= 0.3 is 0 Å². The van der Waals surface area contributed by atoms with Crippen molar-refractivity contribution < 1.29 is 24.3 Å². The summed E-state index contributed by atoms with van der Waals surface area (Å²) in [5, 5.41) is 16.3. The first-order chi connectivity index (χ1) is 22.3. The maximum Gasteiger partial charge on any atom is 0.238 e. The zero-order valence-electron chi connectivity index (χ0n) is 25.1. The quantitative estimate of drug-likeness (QED) is 0.148. The van der Waals surface area contributed by atoms with Crippen molar-refractivity contribution in [2.24, 2.45) is 17.8 Å². The zero-order chi connectivity index (χ0) is 31.7. The molecule has 226 valence electrons. The topological polar surface area (TPSA) is 104 Å². The lowest BCUT2D eigenvalue weighted by atomic mass is 9.59. The minimum atomic E-state index is -0.720. The van der Waals surface area contributed by atoms with Crippen LogP contribution in [0.4, 0.5) is 17.1 Å². The first-order valence-electron chi connectivity index (χ1n) is 15.5. The molecule has 1 heterocycles. The van der Waals surface area contributed by atoms with Crippen molar-refractivity contribution in [3.05, 3.63) is 131 Å². The van der Waals surface area contributed by atoms with Gasteiger partial charge in [0.25, 0.3) is 0 Å². The highest BCUT2D eigenvalue weighted by Gasteiger charge is 2.57. The molecule has 4 aromatic carbocycles. The number of rotatable bonds is 4. The van der Waals surface area contributed by atoms with Gasteiger partial charge in [-0.3, -0.25) is 24.1 Å². The van der Waals surface area contributed by atoms with Crippen LogP contribution in [0.2, 0.25) is 0 Å². The Balaban J connectivity index is 1.20. The molecule has 0 aromatic heterocycles. The second kappa shape index (κ2) is 10.5. The Bertz CT molecular complexity index is 2090. The number of aromatic hydroxyl groups is 1. The van der Waals surface area contributed by atoms with Gasteiger partial charge in [-0.05, 0) is 85.0 Å². The summed E-state index contributed by atoms with van der Waals surface area (Å²) < 4.78 is 0. The summed E-state index contributed by atoms with van der Waals surface area (Å²) in [4.78, 5) is 56.8. The van der Waals surface area contributed by atoms with Crippen LogP contribution in [0.25, 0.3) is 10.8 Å². The molecule has 0 saturated carbocycles. The Labute approximate surface area is 265 Å². The van der Waals surface area contributed by atoms with Gasteiger partial charge in [0.05, 0.1) is 17.5 Å². The molecular formula is C39H30N2O5. The van der Waals surface area contributed by atoms with E-state index in [4.69, 9.17) is 0 Å². The smallest absolute Gasteiger partial charge is 0.238 e. The Kier molecular flexibility index (Phi) is 6.39. The predicted octanol–water partition coefficient (Wildman–Crippen LogP) is 6.92. The number of phenols is 1. The maximum absolute atomic E-state index is 14.3. The van der Waals surface area contributed by atoms with E-state index in [0.29, 0.717) is 34.4 Å². The number of anilines is 3. The first kappa shape index (κ1) is 28.0. The van der Waals surface area contributed by atoms with Crippen LogP contribution in [0.5, 0.6) is 5.75 Å². The van der Waals surface area contributed by atoms with Gasteiger partial charge in [-0.15, -0.1) is 0 Å². The van der Waals surface area contributed by atoms with Crippen LogP contribution in [0, 0.1) is 17.8 Å². The van der Waals surface area contributed by atoms with E-state index >= 15 is 0 Å². The summed E-state index contributed by atoms with van der Waals surface area (Å²) in [5.74, 6) is -3.52. The zero-order valence-corrected chi connectivity index (χ0v) is 25.1. The van der Waals surface area contributed by atoms with Crippen LogP contribution in [-0.2, 0) is 19.2 Å². The third-order valence-corrected chi connectivity index (χ3v) is 9.99. The van der Waals surface area contributed by atoms with Gasteiger partial charge in [0.15, 0.2) is 11.6 Å². The van der Waals surface area contributed by atoms with E-state index in [1.807, 2.05) is 78.9 Å². The highest BCUT2D eigenvalue weighted by Crippen LogP contribution is 2.57. The van der Waals surface area contributed by atoms with E-state index in [0.717, 1.165) is 27.7 Å². The molecule has 2 amide bonds. The molecule has 46 heavy (non-hydrogen) atoms. The first-order valence-corrected chi connectivity index (χ1v) is 15.5. The number of hydrogen-bond acceptors (Lipinski definition) is 6. The van der Waals surface area contributed by atoms with Gasteiger partial charge < -0.3 is 10.4 Å². The van der Waals surface area contributed by atoms with Crippen LogP contribution in [0.3, 0.4) is 0 Å². The molecule has 3 aliphatic carbocycles. The number of benzene rings is 4. The lowest BCUT2D eigenvalue weighted by Gasteiger charge is -2.42. The average Bonchev–Trinajstić information content (AvgIpc) is 3.33. The molecule has 2 N–H and O–H groups in total. The number of nitrogens with one attached hydrogen (secondary N) is 1. The van der Waals surface area contributed by atoms with Crippen molar-refractivity contribution in [1.82, 2.24) is 0 Å². The van der Waals surface area contributed by atoms with Crippen LogP contribution in [0.1, 0.15) is 31.2 Å². The number of imide groups is 1. The van der Waals surface area contributed by atoms with Crippen LogP contribution < -0.4 is 10.2 Å². The molecule has 1 fully saturated rings. The number of nitrogens with zero attached hydrogens (tertiary/aromatic N) is 1. The van der Waals surface area contributed by atoms with E-state index in [1.165, 1.54) is 11.0 Å². The summed E-state index contributed by atoms with van der Waals surface area (Å²) in [7, 11) is 0. The standard InChI is InChI=1S/C39H30N2O5/c1-21-19-32(43)35-30(37(21)44)20-29-27(36(35)34-26-10-6-5-7-22(26)11-18-31(34)42)16-17-28-33(29)39(46)41(38(28)45)25-14-12-24(13-15-25)40-23-8-3-2-4-9-23/h2-16,18-19,28-29,33,36,40,42H,17,20H2,1H3. The van der Waals surface area contributed by atoms with E-state index < -0.39 is 23.7 Å². The van der Waals surface area contributed by atoms with Gasteiger partial charge in [0, 0.05) is 39.6 Å². The Morgan fingerprint density at radius 3 is 2.28 bits per heavy atom. The minimum Gasteiger partial charge on any atom is -0.508 e. The fourth-order valence-electron chi connectivity index (χ4n) is 7.94. The van der Waals surface area contributed by atoms with Crippen LogP contribution in [0.15, 0.2) is 125 Å². The molecule has 4 aromatic rings. The van der Waals surface area contributed by atoms with Crippen molar-refractivity contribution in [1.29, 1.82) is 0 Å². The van der Waals surface area contributed by atoms with Crippen molar-refractivity contribution in [2.45, 2.75) is 25.7 Å². The minimum absolute atomic E-state index is 0.0189. The molecule has 4 unspecified atom stereocenters. The number of ketones is 2. The number of allylic oxidation sites excluding steroid dienone is 6. The second-order valence-corrected chi connectivity index (χ2v) is 12.5. The van der Waals surface area contributed by atoms with Crippen molar-refractivity contribution in [2.75, 3.05) is 10.2 Å². The van der Waals surface area contributed by atoms with E-state index in [1.54, 1.807) is 25.1 Å². The SMILES string of the molecule is CC1=CC(=O)C2=C(CC3C(=CCC4C(=O)N(c5ccc(Nc6ccccc6)cc5)C(=O)C43)C2c2c(O)ccc3ccccc23)C1=O. The van der Waals surface area contributed by atoms with Gasteiger partial charge in [0.2, 0.25) is 11.8 Å². The molecule has 7 heteroatoms. The fraction of sp³-hybridized carbons (Fsp3) is 0.179. The summed E-state index contributed by atoms with van der Waals surface area (Å²) in [6.45, 7) is 1.63. The molecule has 4 atom stereocenters. The lowest BCUT2D eigenvalue weighted by Crippen LogP contribution is -2.39. The molecule has 0 bridgehead atoms. The Hall–Kier alpha value is -5.56. The molecule has 1 saturated heterocycles. The van der Waals surface area contributed by atoms with Crippen LogP contribution in [-0.4, -0.2) is 28.5 Å². The number of phenolic OH excluding ortho intramolecular Hbond substituents is 1. The summed E-state index contributed by atoms with van der Waals surface area (Å²) >= 11 is 0. The molecule has 7 nitrogen and oxygen atoms in total. The van der Waals surface area contributed by atoms with Gasteiger partial charge in [-0.1, -0.05) is 60.2 Å². The van der Waals surface area contributed by atoms with Crippen molar-refractivity contribution in [3.63, 3.8) is 0 Å². The molecule has 0 radical (unpaired) electrons. The molecule has 8 rings (SSSR count). The van der Waals surface area contributed by atoms with E-state index in [-0.39, 0.29) is 35.6 Å². The molecule has 1 aliphatic heterocycles. The third kappa shape index (κ3) is 4.19. The molecular weight excluding hydrogens is 576 g/mol. The monoisotopic (exact) mass is 606 g/mol. The Morgan fingerprint density at radius 1 is 0.783 bits per heavy atom. The number of Topliss-reactive ketones (excluding diaryl/α,β-unsaturated/α-hetero) is 1. The van der Waals surface area contributed by atoms with Crippen molar-refractivity contribution in [3.8, 4) is 5.75 Å². The summed E-state index contributed by atoms with van der Waals surface area (Å²) in [6.07, 6.45) is 3.87. The highest BCUT2D eigenvalue weighted by atomic mass is 16.3. The summed E-state index contributed by atoms with van der Waals surface area (Å²) in [5.41, 5.74) is 4.68. The number of amides is 2. The normalized spacial score (nSPS) is 24.0. The van der Waals surface area contributed by atoms with Gasteiger partial charge in [-0.25, -0.2) is 0 Å². The van der Waals surface area contributed by atoms with Crippen LogP contribution >= 0.6 is 0 Å². The maximum atomic E-state index is 14.3. The largest absolute Gasteiger partial charge is 0.508 e. The van der Waals surface area contributed by atoms with Gasteiger partial charge in [-0.2, -0.15) is 0 Å². The fourth-order valence-corrected chi connectivity index (χ4v) is 7.94. The number of carbonyl (C=O) groups is 4. The highest BCUT2D eigenvalue weighted by molar-refractivity contribution is 6.25. The number of para-hydroxylation sites is 1. The van der Waals surface area contributed by atoms with Crippen molar-refractivity contribution >= 4 is 51.2 Å². The molecule has 0 spiro atoms. The van der Waals surface area contributed by atoms with E-state index in [2.05, 4.69) is 5.32 Å².